The second-order valence-electron chi connectivity index (χ2n) is 3.61. The summed E-state index contributed by atoms with van der Waals surface area (Å²) in [6.45, 7) is 3.09. The smallest absolute Gasteiger partial charge is 0.129 e. The first-order valence-electron chi connectivity index (χ1n) is 5.33. The Labute approximate surface area is 90.2 Å². The van der Waals surface area contributed by atoms with E-state index in [4.69, 9.17) is 10.5 Å². The molecule has 2 N–H and O–H groups in total. The van der Waals surface area contributed by atoms with Gasteiger partial charge in [-0.1, -0.05) is 6.07 Å². The van der Waals surface area contributed by atoms with Crippen molar-refractivity contribution in [3.05, 3.63) is 29.6 Å². The van der Waals surface area contributed by atoms with E-state index in [9.17, 15) is 4.39 Å². The summed E-state index contributed by atoms with van der Waals surface area (Å²) in [5, 5.41) is 0. The molecule has 0 bridgehead atoms. The van der Waals surface area contributed by atoms with Gasteiger partial charge in [0.25, 0.3) is 0 Å². The molecule has 0 unspecified atom stereocenters. The van der Waals surface area contributed by atoms with Crippen LogP contribution in [0.15, 0.2) is 18.2 Å². The summed E-state index contributed by atoms with van der Waals surface area (Å²) in [4.78, 5) is 0. The molecule has 84 valence electrons. The molecule has 0 spiro atoms. The van der Waals surface area contributed by atoms with Crippen LogP contribution < -0.4 is 10.5 Å². The van der Waals surface area contributed by atoms with Crippen molar-refractivity contribution in [2.24, 2.45) is 5.73 Å². The van der Waals surface area contributed by atoms with Crippen LogP contribution in [0.4, 0.5) is 4.39 Å². The van der Waals surface area contributed by atoms with Crippen LogP contribution in [0.2, 0.25) is 0 Å². The maximum Gasteiger partial charge on any atom is 0.129 e. The van der Waals surface area contributed by atoms with E-state index in [-0.39, 0.29) is 5.82 Å². The Hall–Kier alpha value is -1.09. The molecule has 0 aliphatic rings. The Bertz CT molecular complexity index is 302. The number of rotatable bonds is 6. The second-order valence-corrected chi connectivity index (χ2v) is 3.61. The number of nitrogens with two attached hydrogens (primary N) is 1. The van der Waals surface area contributed by atoms with Crippen molar-refractivity contribution in [3.63, 3.8) is 0 Å². The molecule has 0 aliphatic heterocycles. The number of halogens is 1. The fourth-order valence-corrected chi connectivity index (χ4v) is 1.28. The number of hydrogen-bond donors (Lipinski definition) is 1. The molecule has 15 heavy (non-hydrogen) atoms. The Kier molecular flexibility index (Phi) is 5.12. The molecule has 0 radical (unpaired) electrons. The fourth-order valence-electron chi connectivity index (χ4n) is 1.28. The van der Waals surface area contributed by atoms with Crippen molar-refractivity contribution >= 4 is 0 Å². The van der Waals surface area contributed by atoms with Crippen LogP contribution in [0.25, 0.3) is 0 Å². The Balaban J connectivity index is 2.28. The Morgan fingerprint density at radius 2 is 2.07 bits per heavy atom. The molecule has 0 aromatic heterocycles. The summed E-state index contributed by atoms with van der Waals surface area (Å²) in [5.74, 6) is 0.389. The van der Waals surface area contributed by atoms with Gasteiger partial charge in [-0.15, -0.1) is 0 Å². The summed E-state index contributed by atoms with van der Waals surface area (Å²) >= 11 is 0. The minimum Gasteiger partial charge on any atom is -0.493 e. The highest BCUT2D eigenvalue weighted by atomic mass is 19.1. The van der Waals surface area contributed by atoms with Gasteiger partial charge < -0.3 is 10.5 Å². The molecule has 0 fully saturated rings. The van der Waals surface area contributed by atoms with Crippen molar-refractivity contribution in [1.29, 1.82) is 0 Å². The van der Waals surface area contributed by atoms with Crippen LogP contribution in [0, 0.1) is 12.7 Å². The molecule has 2 nitrogen and oxygen atoms in total. The van der Waals surface area contributed by atoms with E-state index in [0.717, 1.165) is 25.8 Å². The zero-order valence-electron chi connectivity index (χ0n) is 9.13. The monoisotopic (exact) mass is 211 g/mol. The van der Waals surface area contributed by atoms with Crippen molar-refractivity contribution in [1.82, 2.24) is 0 Å². The van der Waals surface area contributed by atoms with Crippen LogP contribution >= 0.6 is 0 Å². The molecule has 0 aliphatic carbocycles. The molecule has 1 aromatic rings. The molecule has 1 rings (SSSR count). The highest BCUT2D eigenvalue weighted by molar-refractivity contribution is 5.27. The lowest BCUT2D eigenvalue weighted by molar-refractivity contribution is 0.304. The largest absolute Gasteiger partial charge is 0.493 e. The predicted molar refractivity (Wildman–Crippen MR) is 59.5 cm³/mol. The van der Waals surface area contributed by atoms with Gasteiger partial charge in [0.2, 0.25) is 0 Å². The number of aryl methyl sites for hydroxylation is 1. The first kappa shape index (κ1) is 12.0. The number of unbranched alkanes of at least 4 members (excludes halogenated alkanes) is 2. The Morgan fingerprint density at radius 3 is 2.73 bits per heavy atom. The lowest BCUT2D eigenvalue weighted by Gasteiger charge is -2.06. The molecule has 0 atom stereocenters. The van der Waals surface area contributed by atoms with Gasteiger partial charge in [-0.3, -0.25) is 0 Å². The first-order valence-corrected chi connectivity index (χ1v) is 5.33. The van der Waals surface area contributed by atoms with E-state index in [1.165, 1.54) is 6.07 Å². The number of ether oxygens (including phenoxy) is 1. The number of hydrogen-bond acceptors (Lipinski definition) is 2. The quantitative estimate of drug-likeness (QED) is 0.734. The van der Waals surface area contributed by atoms with Gasteiger partial charge in [-0.05, 0) is 44.4 Å². The summed E-state index contributed by atoms with van der Waals surface area (Å²) in [6.07, 6.45) is 3.04. The third-order valence-electron chi connectivity index (χ3n) is 2.26. The zero-order chi connectivity index (χ0) is 11.1. The molecule has 3 heteroatoms. The van der Waals surface area contributed by atoms with Gasteiger partial charge in [0.1, 0.15) is 11.6 Å². The maximum atomic E-state index is 13.1. The predicted octanol–water partition coefficient (Wildman–Crippen LogP) is 2.64. The fraction of sp³-hybridized carbons (Fsp3) is 0.500. The normalized spacial score (nSPS) is 10.3. The summed E-state index contributed by atoms with van der Waals surface area (Å²) in [6, 6.07) is 4.95. The molecule has 0 saturated heterocycles. The van der Waals surface area contributed by atoms with E-state index in [1.807, 2.05) is 0 Å². The zero-order valence-corrected chi connectivity index (χ0v) is 9.13. The van der Waals surface area contributed by atoms with Gasteiger partial charge in [-0.25, -0.2) is 4.39 Å². The van der Waals surface area contributed by atoms with Crippen LogP contribution in [0.5, 0.6) is 5.75 Å². The van der Waals surface area contributed by atoms with E-state index in [2.05, 4.69) is 0 Å². The molecule has 0 heterocycles. The molecule has 1 aromatic carbocycles. The SMILES string of the molecule is Cc1ccc(OCCCCCN)cc1F. The summed E-state index contributed by atoms with van der Waals surface area (Å²) in [7, 11) is 0. The van der Waals surface area contributed by atoms with Crippen LogP contribution in [-0.2, 0) is 0 Å². The molecule has 0 saturated carbocycles. The average Bonchev–Trinajstić information content (AvgIpc) is 2.23. The summed E-state index contributed by atoms with van der Waals surface area (Å²) < 4.78 is 18.5. The van der Waals surface area contributed by atoms with Crippen LogP contribution in [0.1, 0.15) is 24.8 Å². The van der Waals surface area contributed by atoms with E-state index < -0.39 is 0 Å². The van der Waals surface area contributed by atoms with Gasteiger partial charge in [-0.2, -0.15) is 0 Å². The standard InChI is InChI=1S/C12H18FNO/c1-10-5-6-11(9-12(10)13)15-8-4-2-3-7-14/h5-6,9H,2-4,7-8,14H2,1H3. The van der Waals surface area contributed by atoms with Gasteiger partial charge in [0, 0.05) is 6.07 Å². The van der Waals surface area contributed by atoms with Crippen LogP contribution in [0.3, 0.4) is 0 Å². The first-order chi connectivity index (χ1) is 7.24. The van der Waals surface area contributed by atoms with Gasteiger partial charge in [0.15, 0.2) is 0 Å². The van der Waals surface area contributed by atoms with E-state index in [1.54, 1.807) is 19.1 Å². The van der Waals surface area contributed by atoms with E-state index >= 15 is 0 Å². The number of benzene rings is 1. The third kappa shape index (κ3) is 4.30. The lowest BCUT2D eigenvalue weighted by atomic mass is 10.2. The van der Waals surface area contributed by atoms with Crippen molar-refractivity contribution in [3.8, 4) is 5.75 Å². The van der Waals surface area contributed by atoms with Crippen LogP contribution in [-0.4, -0.2) is 13.2 Å². The molecular weight excluding hydrogens is 193 g/mol. The van der Waals surface area contributed by atoms with E-state index in [0.29, 0.717) is 17.9 Å². The minimum absolute atomic E-state index is 0.213. The maximum absolute atomic E-state index is 13.1. The highest BCUT2D eigenvalue weighted by Gasteiger charge is 1.99. The van der Waals surface area contributed by atoms with Gasteiger partial charge >= 0.3 is 0 Å². The van der Waals surface area contributed by atoms with Gasteiger partial charge in [0.05, 0.1) is 6.61 Å². The molecular formula is C12H18FNO. The van der Waals surface area contributed by atoms with Crippen molar-refractivity contribution in [2.45, 2.75) is 26.2 Å². The van der Waals surface area contributed by atoms with Crippen molar-refractivity contribution < 1.29 is 9.13 Å². The Morgan fingerprint density at radius 1 is 1.27 bits per heavy atom. The highest BCUT2D eigenvalue weighted by Crippen LogP contribution is 2.16. The third-order valence-corrected chi connectivity index (χ3v) is 2.26. The summed E-state index contributed by atoms with van der Waals surface area (Å²) in [5.41, 5.74) is 6.01. The lowest BCUT2D eigenvalue weighted by Crippen LogP contribution is -2.01. The average molecular weight is 211 g/mol. The molecule has 0 amide bonds. The second kappa shape index (κ2) is 6.40. The minimum atomic E-state index is -0.213. The topological polar surface area (TPSA) is 35.2 Å². The van der Waals surface area contributed by atoms with Crippen molar-refractivity contribution in [2.75, 3.05) is 13.2 Å².